The largest absolute Gasteiger partial charge is 0.496 e. The summed E-state index contributed by atoms with van der Waals surface area (Å²) in [5.74, 6) is -0.450. The van der Waals surface area contributed by atoms with Gasteiger partial charge in [-0.2, -0.15) is 0 Å². The number of ether oxygens (including phenoxy) is 1. The molecule has 0 aliphatic heterocycles. The predicted octanol–water partition coefficient (Wildman–Crippen LogP) is 5.55. The maximum Gasteiger partial charge on any atom is 0.335 e. The number of methoxy groups -OCH3 is 1. The van der Waals surface area contributed by atoms with E-state index in [9.17, 15) is 9.59 Å². The molecular formula is C24H31NO4. The van der Waals surface area contributed by atoms with Crippen molar-refractivity contribution in [3.05, 3.63) is 58.1 Å². The number of carboxylic acids is 1. The van der Waals surface area contributed by atoms with Gasteiger partial charge in [-0.25, -0.2) is 4.79 Å². The third-order valence-electron chi connectivity index (χ3n) is 4.94. The van der Waals surface area contributed by atoms with E-state index in [0.717, 1.165) is 28.1 Å². The van der Waals surface area contributed by atoms with E-state index in [-0.39, 0.29) is 22.3 Å². The van der Waals surface area contributed by atoms with E-state index in [4.69, 9.17) is 9.84 Å². The average Bonchev–Trinajstić information content (AvgIpc) is 2.60. The van der Waals surface area contributed by atoms with Crippen molar-refractivity contribution in [1.82, 2.24) is 0 Å². The Bertz CT molecular complexity index is 929. The number of anilines is 1. The summed E-state index contributed by atoms with van der Waals surface area (Å²) in [5, 5.41) is 12.0. The van der Waals surface area contributed by atoms with E-state index < -0.39 is 5.97 Å². The molecule has 2 aromatic rings. The smallest absolute Gasteiger partial charge is 0.335 e. The quantitative estimate of drug-likeness (QED) is 0.709. The molecule has 156 valence electrons. The molecule has 2 rings (SSSR count). The summed E-state index contributed by atoms with van der Waals surface area (Å²) in [6, 6.07) is 7.88. The fourth-order valence-corrected chi connectivity index (χ4v) is 3.52. The van der Waals surface area contributed by atoms with Gasteiger partial charge in [0.1, 0.15) is 5.75 Å². The van der Waals surface area contributed by atoms with Gasteiger partial charge in [-0.3, -0.25) is 4.79 Å². The molecule has 0 spiro atoms. The fourth-order valence-electron chi connectivity index (χ4n) is 3.52. The monoisotopic (exact) mass is 397 g/mol. The standard InChI is InChI=1S/C24H31NO4/c1-14-18(25-21(26)15-9-11-16(12-10-15)22(27)28)13-17(23(2,3)4)20(29-8)19(14)24(5,6)7/h9-13H,1-8H3,(H,25,26)(H,27,28). The molecular weight excluding hydrogens is 366 g/mol. The number of carboxylic acid groups (broad SMARTS) is 1. The summed E-state index contributed by atoms with van der Waals surface area (Å²) in [6.45, 7) is 14.7. The fraction of sp³-hybridized carbons (Fsp3) is 0.417. The number of hydrogen-bond donors (Lipinski definition) is 2. The molecule has 0 radical (unpaired) electrons. The molecule has 2 N–H and O–H groups in total. The van der Waals surface area contributed by atoms with Crippen LogP contribution in [-0.2, 0) is 10.8 Å². The van der Waals surface area contributed by atoms with Crippen LogP contribution in [0.4, 0.5) is 5.69 Å². The van der Waals surface area contributed by atoms with Crippen molar-refractivity contribution in [2.75, 3.05) is 12.4 Å². The minimum absolute atomic E-state index is 0.146. The van der Waals surface area contributed by atoms with Crippen molar-refractivity contribution in [2.45, 2.75) is 59.3 Å². The van der Waals surface area contributed by atoms with Gasteiger partial charge in [0.2, 0.25) is 0 Å². The van der Waals surface area contributed by atoms with Crippen LogP contribution in [0.3, 0.4) is 0 Å². The zero-order valence-electron chi connectivity index (χ0n) is 18.6. The van der Waals surface area contributed by atoms with Gasteiger partial charge in [-0.15, -0.1) is 0 Å². The molecule has 1 amide bonds. The lowest BCUT2D eigenvalue weighted by atomic mass is 9.77. The third kappa shape index (κ3) is 4.78. The van der Waals surface area contributed by atoms with Crippen molar-refractivity contribution < 1.29 is 19.4 Å². The maximum absolute atomic E-state index is 12.8. The van der Waals surface area contributed by atoms with Gasteiger partial charge in [-0.1, -0.05) is 41.5 Å². The maximum atomic E-state index is 12.8. The van der Waals surface area contributed by atoms with E-state index in [1.54, 1.807) is 7.11 Å². The number of aromatic carboxylic acids is 1. The van der Waals surface area contributed by atoms with Crippen molar-refractivity contribution in [3.63, 3.8) is 0 Å². The first kappa shape index (κ1) is 22.5. The molecule has 5 heteroatoms. The Morgan fingerprint density at radius 1 is 0.931 bits per heavy atom. The molecule has 0 saturated heterocycles. The average molecular weight is 398 g/mol. The number of nitrogens with one attached hydrogen (secondary N) is 1. The molecule has 5 nitrogen and oxygen atoms in total. The van der Waals surface area contributed by atoms with Crippen LogP contribution >= 0.6 is 0 Å². The Morgan fingerprint density at radius 3 is 1.86 bits per heavy atom. The second-order valence-electron chi connectivity index (χ2n) is 9.34. The minimum Gasteiger partial charge on any atom is -0.496 e. The molecule has 0 aromatic heterocycles. The van der Waals surface area contributed by atoms with Crippen LogP contribution in [0, 0.1) is 6.92 Å². The molecule has 0 fully saturated rings. The number of amides is 1. The van der Waals surface area contributed by atoms with Gasteiger partial charge in [-0.05, 0) is 53.6 Å². The summed E-state index contributed by atoms with van der Waals surface area (Å²) in [5.41, 5.74) is 3.95. The lowest BCUT2D eigenvalue weighted by Crippen LogP contribution is -2.23. The van der Waals surface area contributed by atoms with Crippen molar-refractivity contribution >= 4 is 17.6 Å². The number of carbonyl (C=O) groups excluding carboxylic acids is 1. The molecule has 0 atom stereocenters. The first-order valence-electron chi connectivity index (χ1n) is 9.64. The van der Waals surface area contributed by atoms with Gasteiger partial charge < -0.3 is 15.2 Å². The predicted molar refractivity (Wildman–Crippen MR) is 116 cm³/mol. The minimum atomic E-state index is -1.02. The zero-order chi connectivity index (χ0) is 22.1. The normalized spacial score (nSPS) is 11.9. The Hall–Kier alpha value is -2.82. The molecule has 0 saturated carbocycles. The SMILES string of the molecule is COc1c(C(C)(C)C)cc(NC(=O)c2ccc(C(=O)O)cc2)c(C)c1C(C)(C)C. The van der Waals surface area contributed by atoms with Crippen LogP contribution in [0.2, 0.25) is 0 Å². The molecule has 0 bridgehead atoms. The molecule has 0 aliphatic carbocycles. The van der Waals surface area contributed by atoms with E-state index >= 15 is 0 Å². The highest BCUT2D eigenvalue weighted by Gasteiger charge is 2.30. The van der Waals surface area contributed by atoms with Crippen LogP contribution in [0.1, 0.15) is 78.9 Å². The molecule has 0 aliphatic rings. The van der Waals surface area contributed by atoms with Crippen LogP contribution in [0.15, 0.2) is 30.3 Å². The van der Waals surface area contributed by atoms with E-state index in [0.29, 0.717) is 5.56 Å². The lowest BCUT2D eigenvalue weighted by molar-refractivity contribution is 0.0696. The number of rotatable bonds is 4. The topological polar surface area (TPSA) is 75.6 Å². The Balaban J connectivity index is 2.57. The summed E-state index contributed by atoms with van der Waals surface area (Å²) >= 11 is 0. The summed E-state index contributed by atoms with van der Waals surface area (Å²) in [7, 11) is 1.68. The van der Waals surface area contributed by atoms with Gasteiger partial charge in [0.25, 0.3) is 5.91 Å². The van der Waals surface area contributed by atoms with E-state index in [2.05, 4.69) is 46.9 Å². The van der Waals surface area contributed by atoms with Crippen molar-refractivity contribution in [1.29, 1.82) is 0 Å². The van der Waals surface area contributed by atoms with E-state index in [1.807, 2.05) is 13.0 Å². The first-order chi connectivity index (χ1) is 13.3. The second kappa shape index (κ2) is 7.90. The summed E-state index contributed by atoms with van der Waals surface area (Å²) in [6.07, 6.45) is 0. The van der Waals surface area contributed by atoms with Crippen molar-refractivity contribution in [2.24, 2.45) is 0 Å². The zero-order valence-corrected chi connectivity index (χ0v) is 18.6. The van der Waals surface area contributed by atoms with Crippen LogP contribution in [0.25, 0.3) is 0 Å². The number of carbonyl (C=O) groups is 2. The van der Waals surface area contributed by atoms with Gasteiger partial charge >= 0.3 is 5.97 Å². The van der Waals surface area contributed by atoms with Gasteiger partial charge in [0, 0.05) is 22.4 Å². The third-order valence-corrected chi connectivity index (χ3v) is 4.94. The Kier molecular flexibility index (Phi) is 6.12. The highest BCUT2D eigenvalue weighted by Crippen LogP contribution is 2.44. The number of hydrogen-bond acceptors (Lipinski definition) is 3. The first-order valence-corrected chi connectivity index (χ1v) is 9.64. The Labute approximate surface area is 173 Å². The van der Waals surface area contributed by atoms with Gasteiger partial charge in [0.15, 0.2) is 0 Å². The molecule has 0 unspecified atom stereocenters. The van der Waals surface area contributed by atoms with Crippen molar-refractivity contribution in [3.8, 4) is 5.75 Å². The Morgan fingerprint density at radius 2 is 1.45 bits per heavy atom. The number of benzene rings is 2. The lowest BCUT2D eigenvalue weighted by Gasteiger charge is -2.32. The van der Waals surface area contributed by atoms with Crippen LogP contribution < -0.4 is 10.1 Å². The van der Waals surface area contributed by atoms with Gasteiger partial charge in [0.05, 0.1) is 12.7 Å². The molecule has 2 aromatic carbocycles. The summed E-state index contributed by atoms with van der Waals surface area (Å²) < 4.78 is 5.82. The molecule has 0 heterocycles. The molecule has 29 heavy (non-hydrogen) atoms. The highest BCUT2D eigenvalue weighted by atomic mass is 16.5. The highest BCUT2D eigenvalue weighted by molar-refractivity contribution is 6.05. The summed E-state index contributed by atoms with van der Waals surface area (Å²) in [4.78, 5) is 23.9. The second-order valence-corrected chi connectivity index (χ2v) is 9.34. The van der Waals surface area contributed by atoms with E-state index in [1.165, 1.54) is 24.3 Å². The van der Waals surface area contributed by atoms with Crippen LogP contribution in [0.5, 0.6) is 5.75 Å². The van der Waals surface area contributed by atoms with Crippen LogP contribution in [-0.4, -0.2) is 24.1 Å².